The first-order valence-corrected chi connectivity index (χ1v) is 8.64. The minimum atomic E-state index is -0.781. The molecule has 0 radical (unpaired) electrons. The summed E-state index contributed by atoms with van der Waals surface area (Å²) in [7, 11) is 1.50. The number of ketones is 1. The molecule has 1 aliphatic heterocycles. The van der Waals surface area contributed by atoms with Crippen LogP contribution in [0.4, 0.5) is 0 Å². The molecule has 0 saturated carbocycles. The van der Waals surface area contributed by atoms with Crippen LogP contribution >= 0.6 is 11.6 Å². The van der Waals surface area contributed by atoms with E-state index in [2.05, 4.69) is 0 Å². The van der Waals surface area contributed by atoms with E-state index in [1.165, 1.54) is 24.1 Å². The number of carbonyl (C=O) groups is 2. The lowest BCUT2D eigenvalue weighted by Gasteiger charge is -2.25. The Labute approximate surface area is 161 Å². The van der Waals surface area contributed by atoms with Crippen LogP contribution in [0, 0.1) is 0 Å². The molecule has 2 N–H and O–H groups in total. The van der Waals surface area contributed by atoms with Crippen LogP contribution in [0.2, 0.25) is 5.02 Å². The number of phenolic OH excluding ortho intramolecular Hbond substituents is 1. The monoisotopic (exact) mass is 387 g/mol. The number of Topliss-reactive ketones (excluding diaryl/α,β-unsaturated/α-hetero) is 1. The van der Waals surface area contributed by atoms with Gasteiger partial charge >= 0.3 is 0 Å². The van der Waals surface area contributed by atoms with Crippen molar-refractivity contribution >= 4 is 29.1 Å². The Balaban J connectivity index is 2.14. The van der Waals surface area contributed by atoms with E-state index < -0.39 is 17.7 Å². The van der Waals surface area contributed by atoms with Gasteiger partial charge in [0.05, 0.1) is 18.2 Å². The van der Waals surface area contributed by atoms with Crippen LogP contribution in [0.15, 0.2) is 54.1 Å². The summed E-state index contributed by atoms with van der Waals surface area (Å²) in [4.78, 5) is 26.6. The second-order valence-corrected chi connectivity index (χ2v) is 6.52. The zero-order valence-corrected chi connectivity index (χ0v) is 15.3. The van der Waals surface area contributed by atoms with Gasteiger partial charge in [0.2, 0.25) is 0 Å². The zero-order chi connectivity index (χ0) is 19.6. The van der Waals surface area contributed by atoms with Gasteiger partial charge in [-0.1, -0.05) is 23.7 Å². The molecular weight excluding hydrogens is 370 g/mol. The Bertz CT molecular complexity index is 890. The Morgan fingerprint density at radius 1 is 1.11 bits per heavy atom. The number of rotatable bonds is 5. The molecule has 2 aromatic carbocycles. The number of carbonyl (C=O) groups excluding carboxylic acids is 2. The Kier molecular flexibility index (Phi) is 5.48. The number of aromatic hydroxyl groups is 1. The molecule has 0 bridgehead atoms. The number of ether oxygens (including phenoxy) is 1. The fraction of sp³-hybridized carbons (Fsp3) is 0.200. The summed E-state index contributed by atoms with van der Waals surface area (Å²) in [6.07, 6.45) is 0. The highest BCUT2D eigenvalue weighted by Crippen LogP contribution is 2.39. The predicted octanol–water partition coefficient (Wildman–Crippen LogP) is 3.11. The number of benzene rings is 2. The van der Waals surface area contributed by atoms with Crippen LogP contribution in [0.5, 0.6) is 5.75 Å². The van der Waals surface area contributed by atoms with Gasteiger partial charge in [0, 0.05) is 24.2 Å². The van der Waals surface area contributed by atoms with Crippen molar-refractivity contribution in [2.24, 2.45) is 0 Å². The van der Waals surface area contributed by atoms with Gasteiger partial charge in [0.15, 0.2) is 0 Å². The number of hydrogen-bond donors (Lipinski definition) is 2. The largest absolute Gasteiger partial charge is 0.508 e. The second-order valence-electron chi connectivity index (χ2n) is 6.08. The molecule has 0 aromatic heterocycles. The molecule has 6 nitrogen and oxygen atoms in total. The second kappa shape index (κ2) is 7.82. The number of amides is 1. The topological polar surface area (TPSA) is 87.1 Å². The summed E-state index contributed by atoms with van der Waals surface area (Å²) in [5.74, 6) is -1.69. The minimum Gasteiger partial charge on any atom is -0.508 e. The van der Waals surface area contributed by atoms with Crippen LogP contribution in [-0.2, 0) is 14.3 Å². The quantitative estimate of drug-likeness (QED) is 0.467. The zero-order valence-electron chi connectivity index (χ0n) is 14.6. The van der Waals surface area contributed by atoms with Gasteiger partial charge in [-0.15, -0.1) is 0 Å². The maximum atomic E-state index is 12.7. The van der Waals surface area contributed by atoms with E-state index in [9.17, 15) is 19.8 Å². The van der Waals surface area contributed by atoms with Crippen molar-refractivity contribution < 1.29 is 24.5 Å². The number of likely N-dealkylation sites (tertiary alicyclic amines) is 1. The third kappa shape index (κ3) is 3.67. The van der Waals surface area contributed by atoms with Gasteiger partial charge < -0.3 is 19.8 Å². The van der Waals surface area contributed by atoms with Gasteiger partial charge in [0.25, 0.3) is 11.7 Å². The van der Waals surface area contributed by atoms with Crippen LogP contribution in [0.1, 0.15) is 17.2 Å². The number of halogens is 1. The molecule has 3 rings (SSSR count). The molecule has 0 spiro atoms. The fourth-order valence-corrected chi connectivity index (χ4v) is 3.19. The smallest absolute Gasteiger partial charge is 0.295 e. The molecule has 0 aliphatic carbocycles. The van der Waals surface area contributed by atoms with Crippen molar-refractivity contribution in [3.05, 3.63) is 70.3 Å². The van der Waals surface area contributed by atoms with Crippen LogP contribution in [-0.4, -0.2) is 47.1 Å². The molecule has 1 amide bonds. The number of phenols is 1. The normalized spacial score (nSPS) is 18.9. The maximum absolute atomic E-state index is 12.7. The van der Waals surface area contributed by atoms with Crippen molar-refractivity contribution in [3.63, 3.8) is 0 Å². The number of aliphatic hydroxyl groups excluding tert-OH is 1. The molecule has 1 heterocycles. The molecule has 140 valence electrons. The van der Waals surface area contributed by atoms with Gasteiger partial charge in [-0.25, -0.2) is 0 Å². The van der Waals surface area contributed by atoms with E-state index in [4.69, 9.17) is 16.3 Å². The number of aliphatic hydroxyl groups is 1. The SMILES string of the molecule is COCCN1C(=O)C(=O)/C(=C(/O)c2ccc(Cl)cc2)[C@@H]1c1ccc(O)cc1. The summed E-state index contributed by atoms with van der Waals surface area (Å²) in [5, 5.41) is 20.8. The summed E-state index contributed by atoms with van der Waals surface area (Å²) < 4.78 is 5.05. The summed E-state index contributed by atoms with van der Waals surface area (Å²) in [6, 6.07) is 11.7. The lowest BCUT2D eigenvalue weighted by Crippen LogP contribution is -2.32. The summed E-state index contributed by atoms with van der Waals surface area (Å²) >= 11 is 5.88. The third-order valence-corrected chi connectivity index (χ3v) is 4.65. The van der Waals surface area contributed by atoms with Crippen molar-refractivity contribution in [1.29, 1.82) is 0 Å². The number of nitrogens with zero attached hydrogens (tertiary/aromatic N) is 1. The highest BCUT2D eigenvalue weighted by molar-refractivity contribution is 6.46. The van der Waals surface area contributed by atoms with E-state index in [1.807, 2.05) is 0 Å². The molecular formula is C20H18ClNO5. The van der Waals surface area contributed by atoms with Gasteiger partial charge in [-0.2, -0.15) is 0 Å². The van der Waals surface area contributed by atoms with E-state index in [0.717, 1.165) is 0 Å². The third-order valence-electron chi connectivity index (χ3n) is 4.40. The molecule has 2 aromatic rings. The first-order chi connectivity index (χ1) is 12.9. The molecule has 1 atom stereocenters. The Morgan fingerprint density at radius 3 is 2.33 bits per heavy atom. The highest BCUT2D eigenvalue weighted by atomic mass is 35.5. The predicted molar refractivity (Wildman–Crippen MR) is 100 cm³/mol. The molecule has 27 heavy (non-hydrogen) atoms. The minimum absolute atomic E-state index is 0.0101. The molecule has 1 saturated heterocycles. The Hall–Kier alpha value is -2.83. The summed E-state index contributed by atoms with van der Waals surface area (Å²) in [5.41, 5.74) is 0.968. The van der Waals surface area contributed by atoms with E-state index in [0.29, 0.717) is 16.1 Å². The van der Waals surface area contributed by atoms with E-state index >= 15 is 0 Å². The highest BCUT2D eigenvalue weighted by Gasteiger charge is 2.45. The van der Waals surface area contributed by atoms with Crippen molar-refractivity contribution in [3.8, 4) is 5.75 Å². The average molecular weight is 388 g/mol. The van der Waals surface area contributed by atoms with E-state index in [1.54, 1.807) is 36.4 Å². The standard InChI is InChI=1S/C20H18ClNO5/c1-27-11-10-22-17(12-4-8-15(23)9-5-12)16(19(25)20(22)26)18(24)13-2-6-14(21)7-3-13/h2-9,17,23-24H,10-11H2,1H3/b18-16+/t17-/m0/s1. The molecule has 1 aliphatic rings. The first kappa shape index (κ1) is 18.9. The number of methoxy groups -OCH3 is 1. The van der Waals surface area contributed by atoms with Crippen LogP contribution in [0.25, 0.3) is 5.76 Å². The lowest BCUT2D eigenvalue weighted by atomic mass is 9.95. The maximum Gasteiger partial charge on any atom is 0.295 e. The number of hydrogen-bond acceptors (Lipinski definition) is 5. The van der Waals surface area contributed by atoms with Crippen LogP contribution < -0.4 is 0 Å². The van der Waals surface area contributed by atoms with Gasteiger partial charge in [0.1, 0.15) is 11.5 Å². The van der Waals surface area contributed by atoms with E-state index in [-0.39, 0.29) is 30.2 Å². The first-order valence-electron chi connectivity index (χ1n) is 8.26. The van der Waals surface area contributed by atoms with Crippen molar-refractivity contribution in [1.82, 2.24) is 4.90 Å². The molecule has 1 fully saturated rings. The molecule has 0 unspecified atom stereocenters. The van der Waals surface area contributed by atoms with Gasteiger partial charge in [-0.3, -0.25) is 9.59 Å². The Morgan fingerprint density at radius 2 is 1.74 bits per heavy atom. The molecule has 7 heteroatoms. The average Bonchev–Trinajstić information content (AvgIpc) is 2.91. The van der Waals surface area contributed by atoms with Crippen molar-refractivity contribution in [2.45, 2.75) is 6.04 Å². The van der Waals surface area contributed by atoms with Crippen molar-refractivity contribution in [2.75, 3.05) is 20.3 Å². The summed E-state index contributed by atoms with van der Waals surface area (Å²) in [6.45, 7) is 0.423. The fourth-order valence-electron chi connectivity index (χ4n) is 3.07. The van der Waals surface area contributed by atoms with Gasteiger partial charge in [-0.05, 0) is 42.0 Å². The van der Waals surface area contributed by atoms with Crippen LogP contribution in [0.3, 0.4) is 0 Å². The lowest BCUT2D eigenvalue weighted by molar-refractivity contribution is -0.140.